The number of hydrogen-bond donors (Lipinski definition) is 1. The maximum atomic E-state index is 12.1. The molecule has 5 heteroatoms. The minimum absolute atomic E-state index is 0.217. The molecule has 122 valence electrons. The number of carbonyl (C=O) groups excluding carboxylic acids is 1. The van der Waals surface area contributed by atoms with Crippen molar-refractivity contribution in [3.8, 4) is 6.07 Å². The second kappa shape index (κ2) is 7.45. The summed E-state index contributed by atoms with van der Waals surface area (Å²) in [7, 11) is 0. The van der Waals surface area contributed by atoms with Crippen LogP contribution < -0.4 is 10.2 Å². The van der Waals surface area contributed by atoms with E-state index in [0.717, 1.165) is 44.5 Å². The molecule has 1 aliphatic heterocycles. The van der Waals surface area contributed by atoms with Gasteiger partial charge in [-0.2, -0.15) is 5.26 Å². The predicted molar refractivity (Wildman–Crippen MR) is 88.9 cm³/mol. The van der Waals surface area contributed by atoms with E-state index in [1.54, 1.807) is 18.5 Å². The van der Waals surface area contributed by atoms with Gasteiger partial charge in [0.05, 0.1) is 17.4 Å². The van der Waals surface area contributed by atoms with Crippen molar-refractivity contribution in [1.29, 1.82) is 5.26 Å². The van der Waals surface area contributed by atoms with Crippen molar-refractivity contribution in [3.05, 3.63) is 24.0 Å². The molecule has 1 aliphatic carbocycles. The van der Waals surface area contributed by atoms with E-state index in [1.165, 1.54) is 12.8 Å². The lowest BCUT2D eigenvalue weighted by Crippen LogP contribution is -2.38. The highest BCUT2D eigenvalue weighted by Crippen LogP contribution is 2.27. The van der Waals surface area contributed by atoms with Crippen molar-refractivity contribution in [1.82, 2.24) is 10.3 Å². The van der Waals surface area contributed by atoms with Crippen LogP contribution in [0.4, 0.5) is 5.69 Å². The minimum atomic E-state index is 0.217. The number of carbonyl (C=O) groups is 1. The van der Waals surface area contributed by atoms with Crippen LogP contribution in [0.25, 0.3) is 0 Å². The summed E-state index contributed by atoms with van der Waals surface area (Å²) in [5.41, 5.74) is 1.60. The Kier molecular flexibility index (Phi) is 5.12. The minimum Gasteiger partial charge on any atom is -0.369 e. The number of hydrogen-bond acceptors (Lipinski definition) is 4. The van der Waals surface area contributed by atoms with E-state index in [2.05, 4.69) is 21.3 Å². The highest BCUT2D eigenvalue weighted by atomic mass is 16.1. The highest BCUT2D eigenvalue weighted by molar-refractivity contribution is 5.76. The molecular formula is C18H24N4O. The van der Waals surface area contributed by atoms with Crippen molar-refractivity contribution in [2.45, 2.75) is 51.0 Å². The first-order valence-electron chi connectivity index (χ1n) is 8.64. The predicted octanol–water partition coefficient (Wildman–Crippen LogP) is 2.62. The van der Waals surface area contributed by atoms with Gasteiger partial charge in [0.15, 0.2) is 0 Å². The number of amides is 1. The molecule has 0 bridgehead atoms. The van der Waals surface area contributed by atoms with Gasteiger partial charge in [0.2, 0.25) is 5.91 Å². The fraction of sp³-hybridized carbons (Fsp3) is 0.611. The van der Waals surface area contributed by atoms with Crippen molar-refractivity contribution < 1.29 is 4.79 Å². The Morgan fingerprint density at radius 2 is 2.04 bits per heavy atom. The smallest absolute Gasteiger partial charge is 0.220 e. The molecule has 1 saturated carbocycles. The molecule has 3 rings (SSSR count). The summed E-state index contributed by atoms with van der Waals surface area (Å²) in [4.78, 5) is 18.5. The second-order valence-corrected chi connectivity index (χ2v) is 6.69. The Balaban J connectivity index is 1.48. The summed E-state index contributed by atoms with van der Waals surface area (Å²) in [6.07, 6.45) is 10.8. The first-order valence-corrected chi connectivity index (χ1v) is 8.64. The van der Waals surface area contributed by atoms with E-state index in [4.69, 9.17) is 0 Å². The monoisotopic (exact) mass is 312 g/mol. The molecule has 1 amide bonds. The van der Waals surface area contributed by atoms with Crippen LogP contribution in [-0.2, 0) is 4.79 Å². The molecule has 23 heavy (non-hydrogen) atoms. The van der Waals surface area contributed by atoms with Gasteiger partial charge in [0.25, 0.3) is 0 Å². The maximum Gasteiger partial charge on any atom is 0.220 e. The zero-order valence-corrected chi connectivity index (χ0v) is 13.5. The Hall–Kier alpha value is -2.09. The summed E-state index contributed by atoms with van der Waals surface area (Å²) < 4.78 is 0. The van der Waals surface area contributed by atoms with Gasteiger partial charge in [-0.1, -0.05) is 12.8 Å². The van der Waals surface area contributed by atoms with Gasteiger partial charge in [-0.05, 0) is 37.7 Å². The fourth-order valence-electron chi connectivity index (χ4n) is 3.73. The number of rotatable bonds is 4. The third kappa shape index (κ3) is 4.01. The number of piperidine rings is 1. The van der Waals surface area contributed by atoms with E-state index in [0.29, 0.717) is 23.9 Å². The van der Waals surface area contributed by atoms with Crippen LogP contribution in [0.5, 0.6) is 0 Å². The maximum absolute atomic E-state index is 12.1. The zero-order chi connectivity index (χ0) is 16.1. The molecule has 1 N–H and O–H groups in total. The van der Waals surface area contributed by atoms with Gasteiger partial charge in [-0.25, -0.2) is 0 Å². The topological polar surface area (TPSA) is 69.0 Å². The molecule has 1 aromatic rings. The van der Waals surface area contributed by atoms with Gasteiger partial charge in [-0.3, -0.25) is 9.78 Å². The largest absolute Gasteiger partial charge is 0.369 e. The van der Waals surface area contributed by atoms with Crippen LogP contribution in [0.3, 0.4) is 0 Å². The molecule has 2 heterocycles. The molecule has 2 aliphatic rings. The number of nitrogens with one attached hydrogen (secondary N) is 1. The fourth-order valence-corrected chi connectivity index (χ4v) is 3.73. The molecule has 2 fully saturated rings. The number of nitrogens with zero attached hydrogens (tertiary/aromatic N) is 3. The standard InChI is InChI=1S/C18H24N4O/c19-12-15-5-8-20-13-17(15)22-9-6-14(7-10-22)11-18(23)21-16-3-1-2-4-16/h5,8,13-14,16H,1-4,6-7,9-11H2,(H,21,23). The van der Waals surface area contributed by atoms with Crippen molar-refractivity contribution in [3.63, 3.8) is 0 Å². The van der Waals surface area contributed by atoms with E-state index in [9.17, 15) is 10.1 Å². The van der Waals surface area contributed by atoms with Crippen LogP contribution in [0.15, 0.2) is 18.5 Å². The zero-order valence-electron chi connectivity index (χ0n) is 13.5. The molecule has 0 radical (unpaired) electrons. The van der Waals surface area contributed by atoms with Crippen LogP contribution in [-0.4, -0.2) is 30.0 Å². The summed E-state index contributed by atoms with van der Waals surface area (Å²) in [6.45, 7) is 1.78. The lowest BCUT2D eigenvalue weighted by molar-refractivity contribution is -0.122. The van der Waals surface area contributed by atoms with Crippen molar-refractivity contribution >= 4 is 11.6 Å². The highest BCUT2D eigenvalue weighted by Gasteiger charge is 2.24. The molecular weight excluding hydrogens is 288 g/mol. The first kappa shape index (κ1) is 15.8. The molecule has 1 aromatic heterocycles. The Bertz CT molecular complexity index is 581. The number of aromatic nitrogens is 1. The van der Waals surface area contributed by atoms with Crippen LogP contribution in [0.1, 0.15) is 50.5 Å². The molecule has 0 unspecified atom stereocenters. The molecule has 0 aromatic carbocycles. The Morgan fingerprint density at radius 1 is 1.30 bits per heavy atom. The van der Waals surface area contributed by atoms with E-state index in [-0.39, 0.29) is 5.91 Å². The Labute approximate surface area is 137 Å². The van der Waals surface area contributed by atoms with Gasteiger partial charge in [0, 0.05) is 31.7 Å². The summed E-state index contributed by atoms with van der Waals surface area (Å²) in [5.74, 6) is 0.671. The summed E-state index contributed by atoms with van der Waals surface area (Å²) >= 11 is 0. The lowest BCUT2D eigenvalue weighted by Gasteiger charge is -2.33. The number of nitriles is 1. The molecule has 0 spiro atoms. The summed E-state index contributed by atoms with van der Waals surface area (Å²) in [5, 5.41) is 12.4. The lowest BCUT2D eigenvalue weighted by atomic mass is 9.92. The molecule has 5 nitrogen and oxygen atoms in total. The van der Waals surface area contributed by atoms with Crippen LogP contribution in [0.2, 0.25) is 0 Å². The van der Waals surface area contributed by atoms with Crippen molar-refractivity contribution in [2.24, 2.45) is 5.92 Å². The molecule has 0 atom stereocenters. The van der Waals surface area contributed by atoms with Gasteiger partial charge >= 0.3 is 0 Å². The quantitative estimate of drug-likeness (QED) is 0.928. The average Bonchev–Trinajstić information content (AvgIpc) is 3.08. The second-order valence-electron chi connectivity index (χ2n) is 6.69. The van der Waals surface area contributed by atoms with E-state index in [1.807, 2.05) is 0 Å². The van der Waals surface area contributed by atoms with Crippen LogP contribution >= 0.6 is 0 Å². The third-order valence-electron chi connectivity index (χ3n) is 5.07. The van der Waals surface area contributed by atoms with E-state index >= 15 is 0 Å². The summed E-state index contributed by atoms with van der Waals surface area (Å²) in [6, 6.07) is 4.40. The average molecular weight is 312 g/mol. The molecule has 1 saturated heterocycles. The first-order chi connectivity index (χ1) is 11.3. The van der Waals surface area contributed by atoms with Gasteiger partial charge in [0.1, 0.15) is 6.07 Å². The van der Waals surface area contributed by atoms with E-state index < -0.39 is 0 Å². The van der Waals surface area contributed by atoms with Gasteiger partial charge < -0.3 is 10.2 Å². The SMILES string of the molecule is N#Cc1ccncc1N1CCC(CC(=O)NC2CCCC2)CC1. The third-order valence-corrected chi connectivity index (χ3v) is 5.07. The number of anilines is 1. The van der Waals surface area contributed by atoms with Crippen molar-refractivity contribution in [2.75, 3.05) is 18.0 Å². The Morgan fingerprint density at radius 3 is 2.74 bits per heavy atom. The number of pyridine rings is 1. The van der Waals surface area contributed by atoms with Gasteiger partial charge in [-0.15, -0.1) is 0 Å². The van der Waals surface area contributed by atoms with Crippen LogP contribution in [0, 0.1) is 17.2 Å². The normalized spacial score (nSPS) is 19.5.